The first-order valence-corrected chi connectivity index (χ1v) is 5.25. The third-order valence-electron chi connectivity index (χ3n) is 3.87. The van der Waals surface area contributed by atoms with Crippen LogP contribution in [0.1, 0.15) is 38.5 Å². The predicted molar refractivity (Wildman–Crippen MR) is 46.9 cm³/mol. The molecule has 3 aliphatic rings. The summed E-state index contributed by atoms with van der Waals surface area (Å²) in [4.78, 5) is 0. The highest BCUT2D eigenvalue weighted by Crippen LogP contribution is 2.48. The SMILES string of the molecule is OC1(C2CC2)C[C@H]2CC[C@@H](C1)N2. The van der Waals surface area contributed by atoms with Crippen molar-refractivity contribution in [1.29, 1.82) is 0 Å². The zero-order valence-corrected chi connectivity index (χ0v) is 7.42. The molecule has 3 atom stereocenters. The molecule has 2 heteroatoms. The van der Waals surface area contributed by atoms with Gasteiger partial charge in [0.25, 0.3) is 0 Å². The summed E-state index contributed by atoms with van der Waals surface area (Å²) in [5, 5.41) is 13.9. The predicted octanol–water partition coefficient (Wildman–Crippen LogP) is 1.04. The first kappa shape index (κ1) is 7.34. The maximum absolute atomic E-state index is 10.4. The number of nitrogens with one attached hydrogen (secondary N) is 1. The molecule has 0 amide bonds. The molecule has 2 nitrogen and oxygen atoms in total. The molecule has 0 aromatic rings. The molecule has 0 aromatic carbocycles. The van der Waals surface area contributed by atoms with Gasteiger partial charge in [0.15, 0.2) is 0 Å². The summed E-state index contributed by atoms with van der Waals surface area (Å²) in [6.45, 7) is 0. The smallest absolute Gasteiger partial charge is 0.0705 e. The molecule has 1 unspecified atom stereocenters. The van der Waals surface area contributed by atoms with Crippen LogP contribution in [0.15, 0.2) is 0 Å². The first-order chi connectivity index (χ1) is 5.76. The Bertz CT molecular complexity index is 188. The van der Waals surface area contributed by atoms with Crippen molar-refractivity contribution in [1.82, 2.24) is 5.32 Å². The quantitative estimate of drug-likeness (QED) is 0.611. The van der Waals surface area contributed by atoms with E-state index in [1.165, 1.54) is 25.7 Å². The summed E-state index contributed by atoms with van der Waals surface area (Å²) in [6, 6.07) is 1.27. The summed E-state index contributed by atoms with van der Waals surface area (Å²) in [5.41, 5.74) is -0.267. The average Bonchev–Trinajstić information content (AvgIpc) is 2.79. The van der Waals surface area contributed by atoms with Gasteiger partial charge in [-0.15, -0.1) is 0 Å². The maximum atomic E-state index is 10.4. The average molecular weight is 167 g/mol. The van der Waals surface area contributed by atoms with Crippen LogP contribution in [0.4, 0.5) is 0 Å². The molecule has 0 aromatic heterocycles. The largest absolute Gasteiger partial charge is 0.389 e. The summed E-state index contributed by atoms with van der Waals surface area (Å²) >= 11 is 0. The number of hydrogen-bond donors (Lipinski definition) is 2. The second-order valence-electron chi connectivity index (χ2n) is 4.92. The van der Waals surface area contributed by atoms with Crippen molar-refractivity contribution in [2.45, 2.75) is 56.2 Å². The Morgan fingerprint density at radius 1 is 1.00 bits per heavy atom. The lowest BCUT2D eigenvalue weighted by molar-refractivity contribution is -0.0264. The van der Waals surface area contributed by atoms with Crippen molar-refractivity contribution >= 4 is 0 Å². The van der Waals surface area contributed by atoms with E-state index in [4.69, 9.17) is 0 Å². The zero-order chi connectivity index (χ0) is 8.18. The van der Waals surface area contributed by atoms with Crippen LogP contribution >= 0.6 is 0 Å². The lowest BCUT2D eigenvalue weighted by atomic mass is 9.83. The van der Waals surface area contributed by atoms with Gasteiger partial charge in [-0.3, -0.25) is 0 Å². The molecular formula is C10H17NO. The third kappa shape index (κ3) is 1.01. The fourth-order valence-electron chi connectivity index (χ4n) is 3.12. The van der Waals surface area contributed by atoms with E-state index in [0.717, 1.165) is 12.8 Å². The van der Waals surface area contributed by atoms with Crippen molar-refractivity contribution in [2.24, 2.45) is 5.92 Å². The van der Waals surface area contributed by atoms with E-state index in [0.29, 0.717) is 18.0 Å². The second kappa shape index (κ2) is 2.24. The molecule has 2 saturated heterocycles. The Morgan fingerprint density at radius 3 is 2.08 bits per heavy atom. The molecule has 0 spiro atoms. The highest BCUT2D eigenvalue weighted by molar-refractivity contribution is 5.05. The molecule has 1 aliphatic carbocycles. The van der Waals surface area contributed by atoms with Gasteiger partial charge in [-0.1, -0.05) is 0 Å². The van der Waals surface area contributed by atoms with Gasteiger partial charge in [-0.05, 0) is 44.4 Å². The Morgan fingerprint density at radius 2 is 1.58 bits per heavy atom. The maximum Gasteiger partial charge on any atom is 0.0705 e. The van der Waals surface area contributed by atoms with E-state index in [9.17, 15) is 5.11 Å². The van der Waals surface area contributed by atoms with Crippen LogP contribution in [-0.4, -0.2) is 22.8 Å². The lowest BCUT2D eigenvalue weighted by Gasteiger charge is -2.37. The molecule has 2 N–H and O–H groups in total. The molecule has 68 valence electrons. The number of rotatable bonds is 1. The summed E-state index contributed by atoms with van der Waals surface area (Å²) in [7, 11) is 0. The van der Waals surface area contributed by atoms with E-state index >= 15 is 0 Å². The summed E-state index contributed by atoms with van der Waals surface area (Å²) < 4.78 is 0. The van der Waals surface area contributed by atoms with Crippen LogP contribution < -0.4 is 5.32 Å². The minimum absolute atomic E-state index is 0.267. The van der Waals surface area contributed by atoms with Crippen LogP contribution in [0.3, 0.4) is 0 Å². The fraction of sp³-hybridized carbons (Fsp3) is 1.00. The number of hydrogen-bond acceptors (Lipinski definition) is 2. The van der Waals surface area contributed by atoms with Gasteiger partial charge in [0.1, 0.15) is 0 Å². The van der Waals surface area contributed by atoms with Gasteiger partial charge < -0.3 is 10.4 Å². The van der Waals surface area contributed by atoms with E-state index < -0.39 is 0 Å². The van der Waals surface area contributed by atoms with Crippen molar-refractivity contribution < 1.29 is 5.11 Å². The highest BCUT2D eigenvalue weighted by atomic mass is 16.3. The second-order valence-corrected chi connectivity index (χ2v) is 4.92. The molecule has 12 heavy (non-hydrogen) atoms. The molecule has 2 heterocycles. The van der Waals surface area contributed by atoms with Gasteiger partial charge in [0.05, 0.1) is 5.60 Å². The fourth-order valence-corrected chi connectivity index (χ4v) is 3.12. The van der Waals surface area contributed by atoms with E-state index in [1.54, 1.807) is 0 Å². The third-order valence-corrected chi connectivity index (χ3v) is 3.87. The van der Waals surface area contributed by atoms with Crippen molar-refractivity contribution in [3.05, 3.63) is 0 Å². The van der Waals surface area contributed by atoms with E-state index in [1.807, 2.05) is 0 Å². The summed E-state index contributed by atoms with van der Waals surface area (Å²) in [5.74, 6) is 0.655. The van der Waals surface area contributed by atoms with Crippen molar-refractivity contribution in [3.8, 4) is 0 Å². The van der Waals surface area contributed by atoms with Gasteiger partial charge in [-0.2, -0.15) is 0 Å². The minimum atomic E-state index is -0.267. The molecule has 1 saturated carbocycles. The van der Waals surface area contributed by atoms with Crippen LogP contribution in [-0.2, 0) is 0 Å². The van der Waals surface area contributed by atoms with Gasteiger partial charge in [0.2, 0.25) is 0 Å². The monoisotopic (exact) mass is 167 g/mol. The molecule has 2 aliphatic heterocycles. The van der Waals surface area contributed by atoms with Gasteiger partial charge >= 0.3 is 0 Å². The van der Waals surface area contributed by atoms with Crippen LogP contribution in [0, 0.1) is 5.92 Å². The van der Waals surface area contributed by atoms with Crippen LogP contribution in [0.2, 0.25) is 0 Å². The Kier molecular flexibility index (Phi) is 1.37. The van der Waals surface area contributed by atoms with E-state index in [2.05, 4.69) is 5.32 Å². The molecule has 2 bridgehead atoms. The van der Waals surface area contributed by atoms with Crippen LogP contribution in [0.5, 0.6) is 0 Å². The van der Waals surface area contributed by atoms with Crippen LogP contribution in [0.25, 0.3) is 0 Å². The van der Waals surface area contributed by atoms with Crippen molar-refractivity contribution in [3.63, 3.8) is 0 Å². The Balaban J connectivity index is 1.80. The number of piperidine rings is 1. The topological polar surface area (TPSA) is 32.3 Å². The molecule has 0 radical (unpaired) electrons. The lowest BCUT2D eigenvalue weighted by Crippen LogP contribution is -2.49. The molecular weight excluding hydrogens is 150 g/mol. The normalized spacial score (nSPS) is 52.8. The Labute approximate surface area is 73.4 Å². The van der Waals surface area contributed by atoms with Crippen molar-refractivity contribution in [2.75, 3.05) is 0 Å². The standard InChI is InChI=1S/C10H17NO/c12-10(7-1-2-7)5-8-3-4-9(6-10)11-8/h7-9,11-12H,1-6H2/t8-,9+,10?. The summed E-state index contributed by atoms with van der Waals surface area (Å²) in [6.07, 6.45) is 7.17. The first-order valence-electron chi connectivity index (χ1n) is 5.25. The highest BCUT2D eigenvalue weighted by Gasteiger charge is 2.50. The minimum Gasteiger partial charge on any atom is -0.389 e. The van der Waals surface area contributed by atoms with E-state index in [-0.39, 0.29) is 5.60 Å². The number of aliphatic hydroxyl groups is 1. The molecule has 3 fully saturated rings. The zero-order valence-electron chi connectivity index (χ0n) is 7.42. The Hall–Kier alpha value is -0.0800. The van der Waals surface area contributed by atoms with Gasteiger partial charge in [-0.25, -0.2) is 0 Å². The van der Waals surface area contributed by atoms with Gasteiger partial charge in [0, 0.05) is 12.1 Å². The number of fused-ring (bicyclic) bond motifs is 2. The molecule has 3 rings (SSSR count).